The van der Waals surface area contributed by atoms with Crippen LogP contribution in [0.2, 0.25) is 0 Å². The fraction of sp³-hybridized carbons (Fsp3) is 0.636. The van der Waals surface area contributed by atoms with Crippen LogP contribution >= 0.6 is 0 Å². The van der Waals surface area contributed by atoms with Gasteiger partial charge in [0.1, 0.15) is 12.4 Å². The molecule has 0 spiro atoms. The van der Waals surface area contributed by atoms with Crippen molar-refractivity contribution in [2.75, 3.05) is 0 Å². The fourth-order valence-corrected chi connectivity index (χ4v) is 3.16. The SMILES string of the molecule is CCCCCCCCC(C=CC=C[C@H]1CC=CC[C@H]1C=O)OC(C)=O. The number of carbonyl (C=O) groups excluding carboxylic acids is 2. The summed E-state index contributed by atoms with van der Waals surface area (Å²) >= 11 is 0. The molecule has 0 heterocycles. The predicted molar refractivity (Wildman–Crippen MR) is 103 cm³/mol. The molecule has 3 nitrogen and oxygen atoms in total. The molecule has 1 unspecified atom stereocenters. The second-order valence-corrected chi connectivity index (χ2v) is 6.88. The molecular formula is C22H34O3. The highest BCUT2D eigenvalue weighted by Crippen LogP contribution is 2.25. The van der Waals surface area contributed by atoms with Crippen molar-refractivity contribution in [1.29, 1.82) is 0 Å². The molecule has 1 aliphatic rings. The molecule has 0 fully saturated rings. The zero-order chi connectivity index (χ0) is 18.3. The van der Waals surface area contributed by atoms with E-state index in [1.165, 1.54) is 39.0 Å². The molecule has 0 amide bonds. The van der Waals surface area contributed by atoms with Gasteiger partial charge < -0.3 is 9.53 Å². The molecule has 3 heteroatoms. The van der Waals surface area contributed by atoms with E-state index in [0.29, 0.717) is 0 Å². The van der Waals surface area contributed by atoms with Gasteiger partial charge in [-0.2, -0.15) is 0 Å². The summed E-state index contributed by atoms with van der Waals surface area (Å²) in [6.07, 6.45) is 23.1. The van der Waals surface area contributed by atoms with Crippen LogP contribution in [0.15, 0.2) is 36.5 Å². The van der Waals surface area contributed by atoms with Crippen molar-refractivity contribution in [3.63, 3.8) is 0 Å². The van der Waals surface area contributed by atoms with Crippen LogP contribution in [0.25, 0.3) is 0 Å². The molecule has 0 aromatic heterocycles. The van der Waals surface area contributed by atoms with Crippen molar-refractivity contribution < 1.29 is 14.3 Å². The van der Waals surface area contributed by atoms with E-state index < -0.39 is 0 Å². The van der Waals surface area contributed by atoms with E-state index in [-0.39, 0.29) is 23.9 Å². The summed E-state index contributed by atoms with van der Waals surface area (Å²) in [5.74, 6) is 0.128. The molecule has 0 aromatic rings. The predicted octanol–water partition coefficient (Wildman–Crippen LogP) is 5.56. The highest BCUT2D eigenvalue weighted by Gasteiger charge is 2.18. The van der Waals surface area contributed by atoms with Crippen molar-refractivity contribution in [2.24, 2.45) is 11.8 Å². The number of ether oxygens (including phenoxy) is 1. The van der Waals surface area contributed by atoms with Crippen molar-refractivity contribution in [3.05, 3.63) is 36.5 Å². The van der Waals surface area contributed by atoms with Crippen LogP contribution in [0.5, 0.6) is 0 Å². The molecular weight excluding hydrogens is 312 g/mol. The number of hydrogen-bond acceptors (Lipinski definition) is 3. The molecule has 0 saturated heterocycles. The maximum Gasteiger partial charge on any atom is 0.303 e. The van der Waals surface area contributed by atoms with Crippen LogP contribution in [0, 0.1) is 11.8 Å². The lowest BCUT2D eigenvalue weighted by molar-refractivity contribution is -0.144. The fourth-order valence-electron chi connectivity index (χ4n) is 3.16. The van der Waals surface area contributed by atoms with E-state index in [1.54, 1.807) is 0 Å². The molecule has 0 bridgehead atoms. The van der Waals surface area contributed by atoms with E-state index in [4.69, 9.17) is 4.74 Å². The van der Waals surface area contributed by atoms with Crippen molar-refractivity contribution >= 4 is 12.3 Å². The summed E-state index contributed by atoms with van der Waals surface area (Å²) in [4.78, 5) is 22.4. The number of esters is 1. The Kier molecular flexibility index (Phi) is 11.7. The normalized spacial score (nSPS) is 21.7. The van der Waals surface area contributed by atoms with Crippen molar-refractivity contribution in [3.8, 4) is 0 Å². The highest BCUT2D eigenvalue weighted by atomic mass is 16.5. The van der Waals surface area contributed by atoms with Crippen molar-refractivity contribution in [2.45, 2.75) is 77.7 Å². The number of rotatable bonds is 12. The number of carbonyl (C=O) groups is 2. The zero-order valence-corrected chi connectivity index (χ0v) is 15.9. The molecule has 0 aliphatic heterocycles. The molecule has 140 valence electrons. The number of unbranched alkanes of at least 4 members (excludes halogenated alkanes) is 5. The Morgan fingerprint density at radius 1 is 1.08 bits per heavy atom. The van der Waals surface area contributed by atoms with E-state index in [9.17, 15) is 9.59 Å². The summed E-state index contributed by atoms with van der Waals surface area (Å²) < 4.78 is 5.39. The van der Waals surface area contributed by atoms with E-state index in [2.05, 4.69) is 25.2 Å². The monoisotopic (exact) mass is 346 g/mol. The van der Waals surface area contributed by atoms with Crippen LogP contribution in [-0.4, -0.2) is 18.4 Å². The molecule has 0 saturated carbocycles. The van der Waals surface area contributed by atoms with Gasteiger partial charge in [-0.3, -0.25) is 4.79 Å². The third-order valence-electron chi connectivity index (χ3n) is 4.66. The van der Waals surface area contributed by atoms with Gasteiger partial charge in [-0.25, -0.2) is 0 Å². The lowest BCUT2D eigenvalue weighted by Gasteiger charge is -2.20. The average molecular weight is 347 g/mol. The summed E-state index contributed by atoms with van der Waals surface area (Å²) in [5.41, 5.74) is 0. The lowest BCUT2D eigenvalue weighted by Crippen LogP contribution is -2.15. The van der Waals surface area contributed by atoms with Crippen LogP contribution in [0.1, 0.15) is 71.6 Å². The minimum atomic E-state index is -0.233. The summed E-state index contributed by atoms with van der Waals surface area (Å²) in [7, 11) is 0. The molecule has 0 radical (unpaired) electrons. The molecule has 0 aromatic carbocycles. The third-order valence-corrected chi connectivity index (χ3v) is 4.66. The molecule has 0 N–H and O–H groups in total. The summed E-state index contributed by atoms with van der Waals surface area (Å²) in [6.45, 7) is 3.68. The molecule has 25 heavy (non-hydrogen) atoms. The van der Waals surface area contributed by atoms with Crippen molar-refractivity contribution in [1.82, 2.24) is 0 Å². The Morgan fingerprint density at radius 2 is 1.76 bits per heavy atom. The second kappa shape index (κ2) is 13.6. The van der Waals surface area contributed by atoms with Gasteiger partial charge in [-0.05, 0) is 37.7 Å². The Balaban J connectivity index is 2.40. The second-order valence-electron chi connectivity index (χ2n) is 6.88. The molecule has 1 aliphatic carbocycles. The van der Waals surface area contributed by atoms with Gasteiger partial charge in [0.25, 0.3) is 0 Å². The first-order valence-electron chi connectivity index (χ1n) is 9.79. The quantitative estimate of drug-likeness (QED) is 0.153. The molecule has 3 atom stereocenters. The topological polar surface area (TPSA) is 43.4 Å². The van der Waals surface area contributed by atoms with E-state index in [1.807, 2.05) is 18.2 Å². The first-order valence-corrected chi connectivity index (χ1v) is 9.79. The summed E-state index contributed by atoms with van der Waals surface area (Å²) in [6, 6.07) is 0. The van der Waals surface area contributed by atoms with E-state index in [0.717, 1.165) is 32.0 Å². The van der Waals surface area contributed by atoms with Crippen LogP contribution < -0.4 is 0 Å². The zero-order valence-electron chi connectivity index (χ0n) is 15.9. The minimum Gasteiger partial charge on any atom is -0.458 e. The van der Waals surface area contributed by atoms with Crippen LogP contribution in [0.3, 0.4) is 0 Å². The smallest absolute Gasteiger partial charge is 0.303 e. The van der Waals surface area contributed by atoms with Crippen LogP contribution in [0.4, 0.5) is 0 Å². The van der Waals surface area contributed by atoms with Gasteiger partial charge in [0, 0.05) is 12.8 Å². The Morgan fingerprint density at radius 3 is 2.44 bits per heavy atom. The largest absolute Gasteiger partial charge is 0.458 e. The number of allylic oxidation sites excluding steroid dienone is 5. The number of aldehydes is 1. The average Bonchev–Trinajstić information content (AvgIpc) is 2.61. The van der Waals surface area contributed by atoms with Gasteiger partial charge in [0.05, 0.1) is 0 Å². The maximum atomic E-state index is 11.3. The van der Waals surface area contributed by atoms with Crippen LogP contribution in [-0.2, 0) is 14.3 Å². The third kappa shape index (κ3) is 10.1. The standard InChI is InChI=1S/C22H34O3/c1-3-4-5-6-7-8-16-22(25-19(2)24)17-12-11-14-20-13-9-10-15-21(20)18-23/h9-12,14,17-18,20-22H,3-8,13,15-16H2,1-2H3/t20-,21+,22?/m1/s1. The Labute approximate surface area is 153 Å². The van der Waals surface area contributed by atoms with Gasteiger partial charge in [-0.15, -0.1) is 0 Å². The van der Waals surface area contributed by atoms with E-state index >= 15 is 0 Å². The number of hydrogen-bond donors (Lipinski definition) is 0. The van der Waals surface area contributed by atoms with Gasteiger partial charge in [0.15, 0.2) is 0 Å². The van der Waals surface area contributed by atoms with Gasteiger partial charge >= 0.3 is 5.97 Å². The Hall–Kier alpha value is -1.64. The van der Waals surface area contributed by atoms with Gasteiger partial charge in [0.2, 0.25) is 0 Å². The lowest BCUT2D eigenvalue weighted by atomic mass is 9.84. The Bertz CT molecular complexity index is 462. The summed E-state index contributed by atoms with van der Waals surface area (Å²) in [5, 5.41) is 0. The molecule has 1 rings (SSSR count). The first kappa shape index (κ1) is 21.4. The maximum absolute atomic E-state index is 11.3. The highest BCUT2D eigenvalue weighted by molar-refractivity contribution is 5.66. The first-order chi connectivity index (χ1) is 12.2. The minimum absolute atomic E-state index is 0.0852. The van der Waals surface area contributed by atoms with Gasteiger partial charge in [-0.1, -0.05) is 69.4 Å².